The van der Waals surface area contributed by atoms with E-state index in [1.807, 2.05) is 17.0 Å². The van der Waals surface area contributed by atoms with Crippen LogP contribution in [0, 0.1) is 0 Å². The molecule has 31 heavy (non-hydrogen) atoms. The molecule has 0 radical (unpaired) electrons. The van der Waals surface area contributed by atoms with E-state index < -0.39 is 10.0 Å². The number of aromatic nitrogens is 1. The summed E-state index contributed by atoms with van der Waals surface area (Å²) >= 11 is 11.9. The summed E-state index contributed by atoms with van der Waals surface area (Å²) in [4.78, 5) is 18.8. The lowest BCUT2D eigenvalue weighted by molar-refractivity contribution is 0.0730. The van der Waals surface area contributed by atoms with Crippen molar-refractivity contribution in [3.63, 3.8) is 0 Å². The Balaban J connectivity index is 1.50. The molecule has 0 saturated heterocycles. The van der Waals surface area contributed by atoms with Crippen molar-refractivity contribution in [2.24, 2.45) is 0 Å². The highest BCUT2D eigenvalue weighted by Crippen LogP contribution is 2.30. The van der Waals surface area contributed by atoms with Crippen LogP contribution in [-0.4, -0.2) is 30.3 Å². The van der Waals surface area contributed by atoms with E-state index in [2.05, 4.69) is 9.71 Å². The fourth-order valence-corrected chi connectivity index (χ4v) is 5.00. The number of pyridine rings is 1. The first-order valence-corrected chi connectivity index (χ1v) is 11.9. The number of carbonyl (C=O) groups excluding carboxylic acids is 1. The molecule has 1 amide bonds. The van der Waals surface area contributed by atoms with Crippen LogP contribution in [0.25, 0.3) is 0 Å². The second kappa shape index (κ2) is 8.86. The highest BCUT2D eigenvalue weighted by molar-refractivity contribution is 7.92. The number of nitrogens with zero attached hydrogens (tertiary/aromatic N) is 2. The summed E-state index contributed by atoms with van der Waals surface area (Å²) in [5.41, 5.74) is 1.82. The molecule has 1 fully saturated rings. The highest BCUT2D eigenvalue weighted by Gasteiger charge is 2.33. The molecule has 1 N–H and O–H groups in total. The maximum absolute atomic E-state index is 13.1. The van der Waals surface area contributed by atoms with Gasteiger partial charge >= 0.3 is 0 Å². The van der Waals surface area contributed by atoms with Crippen LogP contribution in [0.15, 0.2) is 71.9 Å². The Bertz CT molecular complexity index is 1200. The lowest BCUT2D eigenvalue weighted by Crippen LogP contribution is -2.32. The number of anilines is 1. The minimum atomic E-state index is -3.93. The zero-order chi connectivity index (χ0) is 22.0. The molecule has 0 bridgehead atoms. The fraction of sp³-hybridized carbons (Fsp3) is 0.182. The van der Waals surface area contributed by atoms with Gasteiger partial charge in [0.1, 0.15) is 4.90 Å². The minimum Gasteiger partial charge on any atom is -0.331 e. The Morgan fingerprint density at radius 2 is 1.71 bits per heavy atom. The normalized spacial score (nSPS) is 13.6. The third kappa shape index (κ3) is 5.18. The molecule has 1 heterocycles. The Labute approximate surface area is 190 Å². The number of halogens is 2. The van der Waals surface area contributed by atoms with Gasteiger partial charge in [0.2, 0.25) is 0 Å². The van der Waals surface area contributed by atoms with Gasteiger partial charge in [-0.2, -0.15) is 0 Å². The van der Waals surface area contributed by atoms with Gasteiger partial charge in [0, 0.05) is 41.3 Å². The van der Waals surface area contributed by atoms with Crippen LogP contribution in [0.1, 0.15) is 28.8 Å². The van der Waals surface area contributed by atoms with Gasteiger partial charge < -0.3 is 4.90 Å². The van der Waals surface area contributed by atoms with E-state index in [4.69, 9.17) is 23.2 Å². The molecule has 9 heteroatoms. The van der Waals surface area contributed by atoms with Crippen LogP contribution in [0.5, 0.6) is 0 Å². The molecule has 1 aliphatic carbocycles. The van der Waals surface area contributed by atoms with Crippen molar-refractivity contribution in [1.82, 2.24) is 9.88 Å². The number of rotatable bonds is 7. The largest absolute Gasteiger partial charge is 0.331 e. The maximum atomic E-state index is 13.1. The first-order chi connectivity index (χ1) is 14.8. The average molecular weight is 476 g/mol. The van der Waals surface area contributed by atoms with Crippen LogP contribution < -0.4 is 4.72 Å². The van der Waals surface area contributed by atoms with E-state index in [0.29, 0.717) is 17.8 Å². The van der Waals surface area contributed by atoms with E-state index in [-0.39, 0.29) is 26.9 Å². The van der Waals surface area contributed by atoms with Crippen molar-refractivity contribution in [3.8, 4) is 0 Å². The van der Waals surface area contributed by atoms with Gasteiger partial charge in [-0.3, -0.25) is 14.5 Å². The number of amides is 1. The van der Waals surface area contributed by atoms with Gasteiger partial charge in [-0.05, 0) is 73.0 Å². The van der Waals surface area contributed by atoms with Crippen LogP contribution in [0.4, 0.5) is 5.69 Å². The number of nitrogens with one attached hydrogen (secondary N) is 1. The Hall–Kier alpha value is -2.61. The summed E-state index contributed by atoms with van der Waals surface area (Å²) < 4.78 is 27.8. The third-order valence-electron chi connectivity index (χ3n) is 4.92. The van der Waals surface area contributed by atoms with E-state index in [1.165, 1.54) is 18.2 Å². The van der Waals surface area contributed by atoms with Crippen LogP contribution in [0.2, 0.25) is 10.0 Å². The second-order valence-corrected chi connectivity index (χ2v) is 9.77. The molecule has 0 atom stereocenters. The number of hydrogen-bond acceptors (Lipinski definition) is 4. The number of carbonyl (C=O) groups is 1. The lowest BCUT2D eigenvalue weighted by atomic mass is 10.1. The molecule has 1 aromatic heterocycles. The monoisotopic (exact) mass is 475 g/mol. The number of sulfonamides is 1. The van der Waals surface area contributed by atoms with Crippen LogP contribution in [0.3, 0.4) is 0 Å². The first kappa shape index (κ1) is 21.6. The van der Waals surface area contributed by atoms with Gasteiger partial charge in [-0.1, -0.05) is 23.2 Å². The second-order valence-electron chi connectivity index (χ2n) is 7.28. The maximum Gasteiger partial charge on any atom is 0.263 e. The summed E-state index contributed by atoms with van der Waals surface area (Å²) in [5, 5.41) is 0.333. The van der Waals surface area contributed by atoms with E-state index >= 15 is 0 Å². The molecular weight excluding hydrogens is 457 g/mol. The van der Waals surface area contributed by atoms with Gasteiger partial charge in [0.05, 0.1) is 5.02 Å². The van der Waals surface area contributed by atoms with Gasteiger partial charge in [0.25, 0.3) is 15.9 Å². The Kier molecular flexibility index (Phi) is 6.18. The molecule has 0 aliphatic heterocycles. The molecule has 6 nitrogen and oxygen atoms in total. The molecule has 3 aromatic rings. The van der Waals surface area contributed by atoms with Gasteiger partial charge in [0.15, 0.2) is 0 Å². The summed E-state index contributed by atoms with van der Waals surface area (Å²) in [6.07, 6.45) is 5.38. The zero-order valence-electron chi connectivity index (χ0n) is 16.3. The molecule has 0 unspecified atom stereocenters. The predicted molar refractivity (Wildman–Crippen MR) is 121 cm³/mol. The Morgan fingerprint density at radius 1 is 1.03 bits per heavy atom. The summed E-state index contributed by atoms with van der Waals surface area (Å²) in [7, 11) is -3.93. The molecule has 4 rings (SSSR count). The van der Waals surface area contributed by atoms with Crippen LogP contribution >= 0.6 is 23.2 Å². The van der Waals surface area contributed by atoms with E-state index in [9.17, 15) is 13.2 Å². The van der Waals surface area contributed by atoms with Crippen molar-refractivity contribution in [3.05, 3.63) is 88.2 Å². The molecule has 1 saturated carbocycles. The molecule has 2 aromatic carbocycles. The molecule has 160 valence electrons. The Morgan fingerprint density at radius 3 is 2.35 bits per heavy atom. The van der Waals surface area contributed by atoms with Crippen molar-refractivity contribution in [2.45, 2.75) is 30.3 Å². The average Bonchev–Trinajstić information content (AvgIpc) is 3.59. The summed E-state index contributed by atoms with van der Waals surface area (Å²) in [6, 6.07) is 14.6. The SMILES string of the molecule is O=C(c1ccc(NS(=O)(=O)c2cc(Cl)ccc2Cl)cc1)N(Cc1ccncc1)C1CC1. The zero-order valence-corrected chi connectivity index (χ0v) is 18.7. The first-order valence-electron chi connectivity index (χ1n) is 9.61. The number of benzene rings is 2. The van der Waals surface area contributed by atoms with Gasteiger partial charge in [-0.15, -0.1) is 0 Å². The standard InChI is InChI=1S/C22H19Cl2N3O3S/c23-17-3-8-20(24)21(13-17)31(29,30)26-18-4-1-16(2-5-18)22(28)27(19-6-7-19)14-15-9-11-25-12-10-15/h1-5,8-13,19,26H,6-7,14H2. The minimum absolute atomic E-state index is 0.0693. The van der Waals surface area contributed by atoms with Crippen molar-refractivity contribution < 1.29 is 13.2 Å². The topological polar surface area (TPSA) is 79.4 Å². The van der Waals surface area contributed by atoms with E-state index in [1.54, 1.807) is 36.7 Å². The molecular formula is C22H19Cl2N3O3S. The summed E-state index contributed by atoms with van der Waals surface area (Å²) in [5.74, 6) is -0.0911. The smallest absolute Gasteiger partial charge is 0.263 e. The number of hydrogen-bond donors (Lipinski definition) is 1. The summed E-state index contributed by atoms with van der Waals surface area (Å²) in [6.45, 7) is 0.508. The van der Waals surface area contributed by atoms with Crippen LogP contribution in [-0.2, 0) is 16.6 Å². The highest BCUT2D eigenvalue weighted by atomic mass is 35.5. The molecule has 1 aliphatic rings. The molecule has 0 spiro atoms. The quantitative estimate of drug-likeness (QED) is 0.521. The van der Waals surface area contributed by atoms with Crippen molar-refractivity contribution in [1.29, 1.82) is 0 Å². The third-order valence-corrected chi connectivity index (χ3v) is 7.02. The predicted octanol–water partition coefficient (Wildman–Crippen LogP) is 4.99. The van der Waals surface area contributed by atoms with Crippen molar-refractivity contribution in [2.75, 3.05) is 4.72 Å². The van der Waals surface area contributed by atoms with E-state index in [0.717, 1.165) is 18.4 Å². The lowest BCUT2D eigenvalue weighted by Gasteiger charge is -2.23. The fourth-order valence-electron chi connectivity index (χ4n) is 3.18. The van der Waals surface area contributed by atoms with Gasteiger partial charge in [-0.25, -0.2) is 8.42 Å². The van der Waals surface area contributed by atoms with Crippen molar-refractivity contribution >= 4 is 44.8 Å².